The molecule has 0 saturated carbocycles. The fourth-order valence-electron chi connectivity index (χ4n) is 1.05. The summed E-state index contributed by atoms with van der Waals surface area (Å²) < 4.78 is 0. The van der Waals surface area contributed by atoms with Gasteiger partial charge in [0.1, 0.15) is 0 Å². The first kappa shape index (κ1) is 6.09. The van der Waals surface area contributed by atoms with Crippen molar-refractivity contribution < 1.29 is 0 Å². The van der Waals surface area contributed by atoms with Crippen molar-refractivity contribution in [3.8, 4) is 0 Å². The van der Waals surface area contributed by atoms with Gasteiger partial charge in [-0.05, 0) is 24.9 Å². The highest BCUT2D eigenvalue weighted by Gasteiger charge is 2.21. The van der Waals surface area contributed by atoms with Crippen LogP contribution in [0.15, 0.2) is 0 Å². The summed E-state index contributed by atoms with van der Waals surface area (Å²) in [6.45, 7) is 7.12. The van der Waals surface area contributed by atoms with E-state index in [1.54, 1.807) is 0 Å². The summed E-state index contributed by atoms with van der Waals surface area (Å²) >= 11 is 0. The molecule has 0 bridgehead atoms. The van der Waals surface area contributed by atoms with Crippen LogP contribution in [0, 0.1) is 11.8 Å². The Labute approximate surface area is 51.5 Å². The first-order valence-corrected chi connectivity index (χ1v) is 3.55. The second-order valence-electron chi connectivity index (χ2n) is 2.80. The zero-order valence-corrected chi connectivity index (χ0v) is 5.78. The summed E-state index contributed by atoms with van der Waals surface area (Å²) in [5.74, 6) is 1.93. The summed E-state index contributed by atoms with van der Waals surface area (Å²) in [7, 11) is 0. The molecule has 1 aliphatic rings. The molecule has 1 nitrogen and oxygen atoms in total. The van der Waals surface area contributed by atoms with Crippen molar-refractivity contribution in [2.45, 2.75) is 20.3 Å². The van der Waals surface area contributed by atoms with Crippen molar-refractivity contribution in [1.29, 1.82) is 0 Å². The van der Waals surface area contributed by atoms with E-state index in [0.29, 0.717) is 0 Å². The van der Waals surface area contributed by atoms with E-state index >= 15 is 0 Å². The van der Waals surface area contributed by atoms with Gasteiger partial charge in [0.05, 0.1) is 0 Å². The van der Waals surface area contributed by atoms with Gasteiger partial charge in [0.25, 0.3) is 0 Å². The lowest BCUT2D eigenvalue weighted by molar-refractivity contribution is 0.244. The lowest BCUT2D eigenvalue weighted by Gasteiger charge is -2.31. The molecule has 0 amide bonds. The van der Waals surface area contributed by atoms with Crippen molar-refractivity contribution in [1.82, 2.24) is 5.32 Å². The maximum Gasteiger partial charge on any atom is -0.000570 e. The van der Waals surface area contributed by atoms with Crippen LogP contribution in [0.25, 0.3) is 0 Å². The van der Waals surface area contributed by atoms with E-state index in [1.165, 1.54) is 19.5 Å². The monoisotopic (exact) mass is 113 g/mol. The topological polar surface area (TPSA) is 12.0 Å². The Balaban J connectivity index is 2.13. The molecule has 1 rings (SSSR count). The summed E-state index contributed by atoms with van der Waals surface area (Å²) in [6, 6.07) is 0. The number of hydrogen-bond acceptors (Lipinski definition) is 1. The third-order valence-corrected chi connectivity index (χ3v) is 2.26. The predicted molar refractivity (Wildman–Crippen MR) is 35.8 cm³/mol. The van der Waals surface area contributed by atoms with E-state index in [9.17, 15) is 0 Å². The number of nitrogens with one attached hydrogen (secondary N) is 1. The third-order valence-electron chi connectivity index (χ3n) is 2.26. The van der Waals surface area contributed by atoms with Crippen LogP contribution in [0.5, 0.6) is 0 Å². The smallest absolute Gasteiger partial charge is 0.000570 e. The molecule has 1 heterocycles. The molecule has 0 aliphatic carbocycles. The molecule has 48 valence electrons. The quantitative estimate of drug-likeness (QED) is 0.568. The maximum absolute atomic E-state index is 3.28. The fourth-order valence-corrected chi connectivity index (χ4v) is 1.05. The Morgan fingerprint density at radius 3 is 2.38 bits per heavy atom. The molecular weight excluding hydrogens is 98.1 g/mol. The van der Waals surface area contributed by atoms with Crippen LogP contribution in [-0.2, 0) is 0 Å². The van der Waals surface area contributed by atoms with Crippen molar-refractivity contribution in [2.75, 3.05) is 13.1 Å². The van der Waals surface area contributed by atoms with Crippen LogP contribution in [0.3, 0.4) is 0 Å². The molecule has 1 heteroatoms. The van der Waals surface area contributed by atoms with E-state index in [0.717, 1.165) is 11.8 Å². The molecule has 1 aliphatic heterocycles. The predicted octanol–water partition coefficient (Wildman–Crippen LogP) is 1.25. The van der Waals surface area contributed by atoms with Gasteiger partial charge in [-0.1, -0.05) is 20.3 Å². The highest BCUT2D eigenvalue weighted by atomic mass is 14.9. The minimum absolute atomic E-state index is 0.941. The van der Waals surface area contributed by atoms with Crippen molar-refractivity contribution in [3.05, 3.63) is 0 Å². The average Bonchev–Trinajstić information content (AvgIpc) is 1.62. The van der Waals surface area contributed by atoms with Crippen molar-refractivity contribution in [3.63, 3.8) is 0 Å². The van der Waals surface area contributed by atoms with E-state index in [1.807, 2.05) is 0 Å². The van der Waals surface area contributed by atoms with Crippen LogP contribution in [0.4, 0.5) is 0 Å². The Morgan fingerprint density at radius 2 is 2.25 bits per heavy atom. The van der Waals surface area contributed by atoms with Gasteiger partial charge < -0.3 is 5.32 Å². The molecule has 0 spiro atoms. The van der Waals surface area contributed by atoms with Crippen LogP contribution < -0.4 is 5.32 Å². The molecule has 0 aromatic carbocycles. The van der Waals surface area contributed by atoms with Gasteiger partial charge in [-0.3, -0.25) is 0 Å². The van der Waals surface area contributed by atoms with E-state index in [-0.39, 0.29) is 0 Å². The van der Waals surface area contributed by atoms with Gasteiger partial charge in [-0.25, -0.2) is 0 Å². The largest absolute Gasteiger partial charge is 0.316 e. The first-order chi connectivity index (χ1) is 3.84. The van der Waals surface area contributed by atoms with Crippen molar-refractivity contribution >= 4 is 0 Å². The lowest BCUT2D eigenvalue weighted by Crippen LogP contribution is -2.45. The Bertz CT molecular complexity index is 64.0. The zero-order chi connectivity index (χ0) is 5.98. The standard InChI is InChI=1S/C7H15N/c1-3-6(2)7-4-8-5-7/h6-8H,3-5H2,1-2H3/t6-/m0/s1. The summed E-state index contributed by atoms with van der Waals surface area (Å²) in [5, 5.41) is 3.28. The molecule has 0 aromatic heterocycles. The van der Waals surface area contributed by atoms with Crippen molar-refractivity contribution in [2.24, 2.45) is 11.8 Å². The second kappa shape index (κ2) is 2.49. The van der Waals surface area contributed by atoms with Gasteiger partial charge in [0, 0.05) is 0 Å². The van der Waals surface area contributed by atoms with Gasteiger partial charge >= 0.3 is 0 Å². The van der Waals surface area contributed by atoms with Crippen LogP contribution in [0.2, 0.25) is 0 Å². The van der Waals surface area contributed by atoms with Gasteiger partial charge in [0.15, 0.2) is 0 Å². The molecule has 0 aromatic rings. The minimum Gasteiger partial charge on any atom is -0.316 e. The second-order valence-corrected chi connectivity index (χ2v) is 2.80. The van der Waals surface area contributed by atoms with Crippen LogP contribution in [-0.4, -0.2) is 13.1 Å². The van der Waals surface area contributed by atoms with Gasteiger partial charge in [0.2, 0.25) is 0 Å². The van der Waals surface area contributed by atoms with Crippen LogP contribution in [0.1, 0.15) is 20.3 Å². The Kier molecular flexibility index (Phi) is 1.90. The Hall–Kier alpha value is -0.0400. The molecule has 1 N–H and O–H groups in total. The highest BCUT2D eigenvalue weighted by Crippen LogP contribution is 2.17. The molecular formula is C7H15N. The summed E-state index contributed by atoms with van der Waals surface area (Å²) in [4.78, 5) is 0. The molecule has 0 radical (unpaired) electrons. The molecule has 0 unspecified atom stereocenters. The number of hydrogen-bond donors (Lipinski definition) is 1. The summed E-state index contributed by atoms with van der Waals surface area (Å²) in [5.41, 5.74) is 0. The van der Waals surface area contributed by atoms with E-state index in [2.05, 4.69) is 19.2 Å². The lowest BCUT2D eigenvalue weighted by atomic mass is 9.87. The normalized spacial score (nSPS) is 24.8. The van der Waals surface area contributed by atoms with E-state index in [4.69, 9.17) is 0 Å². The number of rotatable bonds is 2. The van der Waals surface area contributed by atoms with Crippen LogP contribution >= 0.6 is 0 Å². The van der Waals surface area contributed by atoms with Gasteiger partial charge in [-0.2, -0.15) is 0 Å². The average molecular weight is 113 g/mol. The maximum atomic E-state index is 3.28. The van der Waals surface area contributed by atoms with Gasteiger partial charge in [-0.15, -0.1) is 0 Å². The third kappa shape index (κ3) is 1.03. The zero-order valence-electron chi connectivity index (χ0n) is 5.78. The SMILES string of the molecule is CC[C@H](C)C1CNC1. The molecule has 1 fully saturated rings. The highest BCUT2D eigenvalue weighted by molar-refractivity contribution is 4.78. The Morgan fingerprint density at radius 1 is 1.62 bits per heavy atom. The minimum atomic E-state index is 0.941. The molecule has 1 saturated heterocycles. The first-order valence-electron chi connectivity index (χ1n) is 3.55. The molecule has 1 atom stereocenters. The fraction of sp³-hybridized carbons (Fsp3) is 1.00. The summed E-state index contributed by atoms with van der Waals surface area (Å²) in [6.07, 6.45) is 1.34. The van der Waals surface area contributed by atoms with E-state index < -0.39 is 0 Å². The molecule has 8 heavy (non-hydrogen) atoms.